The Morgan fingerprint density at radius 3 is 2.79 bits per heavy atom. The maximum absolute atomic E-state index is 11.0. The fraction of sp³-hybridized carbons (Fsp3) is 0.571. The van der Waals surface area contributed by atoms with Gasteiger partial charge in [-0.25, -0.2) is 0 Å². The average molecular weight is 264 g/mol. The molecule has 0 heterocycles. The number of rotatable bonds is 4. The number of likely N-dealkylation sites (N-methyl/N-ethyl adjacent to an activating group) is 1. The SMILES string of the molecule is CNC1CCCCC1Oc1cc(C)ccc1[N+](=O)[O-]. The number of benzene rings is 1. The predicted octanol–water partition coefficient (Wildman–Crippen LogP) is 2.81. The highest BCUT2D eigenvalue weighted by Gasteiger charge is 2.27. The topological polar surface area (TPSA) is 64.4 Å². The highest BCUT2D eigenvalue weighted by Crippen LogP contribution is 2.31. The molecule has 1 aromatic carbocycles. The maximum atomic E-state index is 11.0. The van der Waals surface area contributed by atoms with E-state index in [0.717, 1.165) is 24.8 Å². The number of hydrogen-bond donors (Lipinski definition) is 1. The fourth-order valence-electron chi connectivity index (χ4n) is 2.60. The molecule has 1 saturated carbocycles. The van der Waals surface area contributed by atoms with Crippen LogP contribution in [0.2, 0.25) is 0 Å². The average Bonchev–Trinajstić information content (AvgIpc) is 2.39. The lowest BCUT2D eigenvalue weighted by Gasteiger charge is -2.31. The Bertz CT molecular complexity index is 462. The van der Waals surface area contributed by atoms with E-state index >= 15 is 0 Å². The molecule has 1 N–H and O–H groups in total. The van der Waals surface area contributed by atoms with Crippen LogP contribution in [-0.4, -0.2) is 24.1 Å². The minimum absolute atomic E-state index is 0.0132. The van der Waals surface area contributed by atoms with Crippen molar-refractivity contribution in [1.29, 1.82) is 0 Å². The first-order chi connectivity index (χ1) is 9.11. The second-order valence-corrected chi connectivity index (χ2v) is 5.06. The van der Waals surface area contributed by atoms with Crippen LogP contribution in [0.5, 0.6) is 5.75 Å². The van der Waals surface area contributed by atoms with Crippen LogP contribution >= 0.6 is 0 Å². The molecule has 1 aliphatic rings. The number of nitrogens with one attached hydrogen (secondary N) is 1. The molecule has 0 spiro atoms. The van der Waals surface area contributed by atoms with Gasteiger partial charge in [0.1, 0.15) is 6.10 Å². The molecule has 2 atom stereocenters. The summed E-state index contributed by atoms with van der Waals surface area (Å²) in [6.07, 6.45) is 4.31. The number of aryl methyl sites for hydroxylation is 1. The van der Waals surface area contributed by atoms with E-state index in [2.05, 4.69) is 5.32 Å². The first-order valence-corrected chi connectivity index (χ1v) is 6.71. The Kier molecular flexibility index (Phi) is 4.37. The first kappa shape index (κ1) is 13.8. The van der Waals surface area contributed by atoms with E-state index in [9.17, 15) is 10.1 Å². The minimum Gasteiger partial charge on any atom is -0.482 e. The molecule has 1 aliphatic carbocycles. The lowest BCUT2D eigenvalue weighted by molar-refractivity contribution is -0.386. The molecule has 104 valence electrons. The number of ether oxygens (including phenoxy) is 1. The largest absolute Gasteiger partial charge is 0.482 e. The monoisotopic (exact) mass is 264 g/mol. The van der Waals surface area contributed by atoms with Gasteiger partial charge < -0.3 is 10.1 Å². The van der Waals surface area contributed by atoms with E-state index in [1.807, 2.05) is 14.0 Å². The van der Waals surface area contributed by atoms with E-state index < -0.39 is 0 Å². The van der Waals surface area contributed by atoms with Crippen LogP contribution in [-0.2, 0) is 0 Å². The standard InChI is InChI=1S/C14H20N2O3/c1-10-7-8-12(16(17)18)14(9-10)19-13-6-4-3-5-11(13)15-2/h7-9,11,13,15H,3-6H2,1-2H3. The van der Waals surface area contributed by atoms with Crippen LogP contribution in [0.3, 0.4) is 0 Å². The molecule has 5 nitrogen and oxygen atoms in total. The van der Waals surface area contributed by atoms with E-state index in [4.69, 9.17) is 4.74 Å². The molecular formula is C14H20N2O3. The summed E-state index contributed by atoms with van der Waals surface area (Å²) in [5, 5.41) is 14.3. The summed E-state index contributed by atoms with van der Waals surface area (Å²) in [5.74, 6) is 0.386. The second-order valence-electron chi connectivity index (χ2n) is 5.06. The maximum Gasteiger partial charge on any atom is 0.310 e. The number of nitro benzene ring substituents is 1. The van der Waals surface area contributed by atoms with Crippen molar-refractivity contribution in [3.05, 3.63) is 33.9 Å². The van der Waals surface area contributed by atoms with E-state index in [1.165, 1.54) is 12.5 Å². The van der Waals surface area contributed by atoms with E-state index in [-0.39, 0.29) is 22.8 Å². The summed E-state index contributed by atoms with van der Waals surface area (Å²) in [6, 6.07) is 5.27. The molecule has 2 unspecified atom stereocenters. The molecular weight excluding hydrogens is 244 g/mol. The summed E-state index contributed by atoms with van der Waals surface area (Å²) in [6.45, 7) is 1.91. The van der Waals surface area contributed by atoms with Crippen LogP contribution in [0.1, 0.15) is 31.2 Å². The van der Waals surface area contributed by atoms with Gasteiger partial charge in [0.15, 0.2) is 5.75 Å². The van der Waals surface area contributed by atoms with Crippen molar-refractivity contribution in [1.82, 2.24) is 5.32 Å². The third kappa shape index (κ3) is 3.23. The molecule has 2 rings (SSSR count). The van der Waals surface area contributed by atoms with Gasteiger partial charge >= 0.3 is 5.69 Å². The number of nitrogens with zero attached hydrogens (tertiary/aromatic N) is 1. The summed E-state index contributed by atoms with van der Waals surface area (Å²) >= 11 is 0. The first-order valence-electron chi connectivity index (χ1n) is 6.71. The van der Waals surface area contributed by atoms with Crippen molar-refractivity contribution < 1.29 is 9.66 Å². The summed E-state index contributed by atoms with van der Waals surface area (Å²) in [4.78, 5) is 10.7. The Morgan fingerprint density at radius 1 is 1.37 bits per heavy atom. The van der Waals surface area contributed by atoms with Gasteiger partial charge in [0.2, 0.25) is 0 Å². The van der Waals surface area contributed by atoms with Crippen LogP contribution in [0.15, 0.2) is 18.2 Å². The van der Waals surface area contributed by atoms with Crippen molar-refractivity contribution in [3.63, 3.8) is 0 Å². The quantitative estimate of drug-likeness (QED) is 0.671. The molecule has 0 saturated heterocycles. The molecule has 0 aromatic heterocycles. The fourth-order valence-corrected chi connectivity index (χ4v) is 2.60. The molecule has 0 bridgehead atoms. The summed E-state index contributed by atoms with van der Waals surface area (Å²) in [7, 11) is 1.91. The van der Waals surface area contributed by atoms with Crippen molar-refractivity contribution in [2.45, 2.75) is 44.8 Å². The summed E-state index contributed by atoms with van der Waals surface area (Å²) in [5.41, 5.74) is 1.02. The highest BCUT2D eigenvalue weighted by atomic mass is 16.6. The summed E-state index contributed by atoms with van der Waals surface area (Å²) < 4.78 is 5.93. The minimum atomic E-state index is -0.383. The van der Waals surface area contributed by atoms with Crippen LogP contribution in [0, 0.1) is 17.0 Å². The number of nitro groups is 1. The van der Waals surface area contributed by atoms with Gasteiger partial charge in [-0.2, -0.15) is 0 Å². The van der Waals surface area contributed by atoms with E-state index in [0.29, 0.717) is 5.75 Å². The van der Waals surface area contributed by atoms with Gasteiger partial charge in [0.25, 0.3) is 0 Å². The van der Waals surface area contributed by atoms with E-state index in [1.54, 1.807) is 12.1 Å². The Hall–Kier alpha value is -1.62. The number of hydrogen-bond acceptors (Lipinski definition) is 4. The van der Waals surface area contributed by atoms with Gasteiger partial charge in [0, 0.05) is 12.1 Å². The third-order valence-electron chi connectivity index (χ3n) is 3.66. The Labute approximate surface area is 113 Å². The van der Waals surface area contributed by atoms with Gasteiger partial charge in [-0.15, -0.1) is 0 Å². The van der Waals surface area contributed by atoms with Crippen LogP contribution in [0.4, 0.5) is 5.69 Å². The highest BCUT2D eigenvalue weighted by molar-refractivity contribution is 5.48. The Balaban J connectivity index is 2.21. The smallest absolute Gasteiger partial charge is 0.310 e. The third-order valence-corrected chi connectivity index (χ3v) is 3.66. The van der Waals surface area contributed by atoms with Crippen molar-refractivity contribution in [3.8, 4) is 5.75 Å². The zero-order valence-electron chi connectivity index (χ0n) is 11.4. The van der Waals surface area contributed by atoms with Gasteiger partial charge in [0.05, 0.1) is 4.92 Å². The molecule has 1 aromatic rings. The van der Waals surface area contributed by atoms with Crippen LogP contribution < -0.4 is 10.1 Å². The molecule has 0 aliphatic heterocycles. The van der Waals surface area contributed by atoms with Gasteiger partial charge in [-0.05, 0) is 44.9 Å². The Morgan fingerprint density at radius 2 is 2.11 bits per heavy atom. The van der Waals surface area contributed by atoms with Crippen molar-refractivity contribution >= 4 is 5.69 Å². The normalized spacial score (nSPS) is 23.1. The molecule has 0 radical (unpaired) electrons. The lowest BCUT2D eigenvalue weighted by Crippen LogP contribution is -2.43. The van der Waals surface area contributed by atoms with Crippen LogP contribution in [0.25, 0.3) is 0 Å². The predicted molar refractivity (Wildman–Crippen MR) is 73.6 cm³/mol. The van der Waals surface area contributed by atoms with Crippen molar-refractivity contribution in [2.24, 2.45) is 0 Å². The molecule has 0 amide bonds. The zero-order valence-corrected chi connectivity index (χ0v) is 11.4. The van der Waals surface area contributed by atoms with Gasteiger partial charge in [-0.3, -0.25) is 10.1 Å². The van der Waals surface area contributed by atoms with Crippen molar-refractivity contribution in [2.75, 3.05) is 7.05 Å². The van der Waals surface area contributed by atoms with Gasteiger partial charge in [-0.1, -0.05) is 12.5 Å². The molecule has 5 heteroatoms. The lowest BCUT2D eigenvalue weighted by atomic mass is 9.92. The zero-order chi connectivity index (χ0) is 13.8. The molecule has 19 heavy (non-hydrogen) atoms. The molecule has 1 fully saturated rings. The second kappa shape index (κ2) is 6.02.